The predicted molar refractivity (Wildman–Crippen MR) is 79.3 cm³/mol. The van der Waals surface area contributed by atoms with Crippen LogP contribution in [0.3, 0.4) is 0 Å². The van der Waals surface area contributed by atoms with Gasteiger partial charge in [0.25, 0.3) is 0 Å². The van der Waals surface area contributed by atoms with Gasteiger partial charge in [-0.25, -0.2) is 4.98 Å². The maximum absolute atomic E-state index is 4.74. The van der Waals surface area contributed by atoms with E-state index in [2.05, 4.69) is 41.1 Å². The van der Waals surface area contributed by atoms with Crippen molar-refractivity contribution in [3.05, 3.63) is 30.1 Å². The number of piperidine rings is 1. The maximum atomic E-state index is 4.74. The van der Waals surface area contributed by atoms with Crippen LogP contribution in [0, 0.1) is 5.92 Å². The zero-order valence-corrected chi connectivity index (χ0v) is 11.7. The lowest BCUT2D eigenvalue weighted by Gasteiger charge is -2.23. The van der Waals surface area contributed by atoms with Crippen LogP contribution in [0.1, 0.15) is 32.0 Å². The van der Waals surface area contributed by atoms with E-state index in [-0.39, 0.29) is 0 Å². The van der Waals surface area contributed by atoms with Crippen LogP contribution in [0.15, 0.2) is 24.3 Å². The summed E-state index contributed by atoms with van der Waals surface area (Å²) in [4.78, 5) is 4.74. The van der Waals surface area contributed by atoms with E-state index in [9.17, 15) is 0 Å². The molecule has 1 aliphatic heterocycles. The molecule has 1 aromatic heterocycles. The molecule has 0 bridgehead atoms. The largest absolute Gasteiger partial charge is 0.328 e. The van der Waals surface area contributed by atoms with Crippen LogP contribution >= 0.6 is 0 Å². The lowest BCUT2D eigenvalue weighted by molar-refractivity contribution is 0.341. The topological polar surface area (TPSA) is 29.9 Å². The highest BCUT2D eigenvalue weighted by Crippen LogP contribution is 2.20. The molecule has 2 heterocycles. The Labute approximate surface area is 115 Å². The highest BCUT2D eigenvalue weighted by Gasteiger charge is 2.15. The van der Waals surface area contributed by atoms with E-state index in [1.807, 2.05) is 0 Å². The smallest absolute Gasteiger partial charge is 0.109 e. The molecule has 19 heavy (non-hydrogen) atoms. The lowest BCUT2D eigenvalue weighted by Crippen LogP contribution is -2.30. The number of nitrogens with zero attached hydrogens (tertiary/aromatic N) is 2. The summed E-state index contributed by atoms with van der Waals surface area (Å²) in [6.07, 6.45) is 4.98. The molecule has 3 heteroatoms. The number of rotatable bonds is 4. The van der Waals surface area contributed by atoms with Gasteiger partial charge in [-0.05, 0) is 50.4 Å². The molecule has 3 nitrogen and oxygen atoms in total. The number of benzene rings is 1. The minimum absolute atomic E-state index is 0.833. The molecule has 1 aliphatic rings. The van der Waals surface area contributed by atoms with Crippen LogP contribution in [-0.4, -0.2) is 22.6 Å². The first-order valence-electron chi connectivity index (χ1n) is 7.53. The minimum atomic E-state index is 0.833. The summed E-state index contributed by atoms with van der Waals surface area (Å²) in [6.45, 7) is 5.69. The maximum Gasteiger partial charge on any atom is 0.109 e. The van der Waals surface area contributed by atoms with Crippen molar-refractivity contribution in [3.8, 4) is 0 Å². The number of fused-ring (bicyclic) bond motifs is 1. The lowest BCUT2D eigenvalue weighted by atomic mass is 9.96. The monoisotopic (exact) mass is 257 g/mol. The fraction of sp³-hybridized carbons (Fsp3) is 0.562. The van der Waals surface area contributed by atoms with Gasteiger partial charge in [0.05, 0.1) is 11.0 Å². The van der Waals surface area contributed by atoms with Crippen LogP contribution in [0.5, 0.6) is 0 Å². The van der Waals surface area contributed by atoms with Crippen molar-refractivity contribution < 1.29 is 0 Å². The second-order valence-corrected chi connectivity index (χ2v) is 5.52. The molecule has 1 saturated heterocycles. The first-order valence-corrected chi connectivity index (χ1v) is 7.53. The fourth-order valence-corrected chi connectivity index (χ4v) is 3.13. The van der Waals surface area contributed by atoms with E-state index < -0.39 is 0 Å². The molecule has 0 aliphatic carbocycles. The van der Waals surface area contributed by atoms with E-state index in [0.29, 0.717) is 0 Å². The van der Waals surface area contributed by atoms with Gasteiger partial charge in [0, 0.05) is 13.0 Å². The van der Waals surface area contributed by atoms with Crippen LogP contribution in [0.2, 0.25) is 0 Å². The van der Waals surface area contributed by atoms with Gasteiger partial charge in [-0.15, -0.1) is 0 Å². The molecule has 0 amide bonds. The van der Waals surface area contributed by atoms with Crippen LogP contribution < -0.4 is 5.32 Å². The summed E-state index contributed by atoms with van der Waals surface area (Å²) in [5.74, 6) is 2.06. The second-order valence-electron chi connectivity index (χ2n) is 5.52. The van der Waals surface area contributed by atoms with Gasteiger partial charge in [-0.1, -0.05) is 19.1 Å². The third-order valence-electron chi connectivity index (χ3n) is 4.21. The standard InChI is InChI=1S/C16H23N3/c1-2-16-18-14-7-3-4-8-15(14)19(16)11-9-13-6-5-10-17-12-13/h3-4,7-8,13,17H,2,5-6,9-12H2,1H3. The first-order chi connectivity index (χ1) is 9.38. The molecule has 0 saturated carbocycles. The SMILES string of the molecule is CCc1nc2ccccc2n1CCC1CCCNC1. The van der Waals surface area contributed by atoms with Crippen LogP contribution in [0.25, 0.3) is 11.0 Å². The average molecular weight is 257 g/mol. The highest BCUT2D eigenvalue weighted by molar-refractivity contribution is 5.75. The van der Waals surface area contributed by atoms with Gasteiger partial charge in [0.1, 0.15) is 5.82 Å². The third kappa shape index (κ3) is 2.66. The molecule has 0 spiro atoms. The zero-order chi connectivity index (χ0) is 13.1. The summed E-state index contributed by atoms with van der Waals surface area (Å²) in [6, 6.07) is 8.50. The number of aryl methyl sites for hydroxylation is 2. The Morgan fingerprint density at radius 2 is 2.26 bits per heavy atom. The molecule has 1 unspecified atom stereocenters. The summed E-state index contributed by atoms with van der Waals surface area (Å²) < 4.78 is 2.42. The molecule has 102 valence electrons. The number of nitrogens with one attached hydrogen (secondary N) is 1. The van der Waals surface area contributed by atoms with Crippen molar-refractivity contribution in [2.75, 3.05) is 13.1 Å². The quantitative estimate of drug-likeness (QED) is 0.912. The molecule has 1 aromatic carbocycles. The molecular formula is C16H23N3. The third-order valence-corrected chi connectivity index (χ3v) is 4.21. The van der Waals surface area contributed by atoms with Crippen molar-refractivity contribution in [2.45, 2.75) is 39.2 Å². The molecule has 1 fully saturated rings. The molecule has 0 radical (unpaired) electrons. The Bertz CT molecular complexity index is 538. The molecule has 3 rings (SSSR count). The summed E-state index contributed by atoms with van der Waals surface area (Å²) >= 11 is 0. The number of aromatic nitrogens is 2. The molecule has 2 aromatic rings. The Balaban J connectivity index is 1.78. The number of hydrogen-bond donors (Lipinski definition) is 1. The summed E-state index contributed by atoms with van der Waals surface area (Å²) in [7, 11) is 0. The zero-order valence-electron chi connectivity index (χ0n) is 11.7. The minimum Gasteiger partial charge on any atom is -0.328 e. The average Bonchev–Trinajstić information content (AvgIpc) is 2.84. The van der Waals surface area contributed by atoms with Crippen molar-refractivity contribution in [1.29, 1.82) is 0 Å². The number of hydrogen-bond acceptors (Lipinski definition) is 2. The fourth-order valence-electron chi connectivity index (χ4n) is 3.13. The van der Waals surface area contributed by atoms with E-state index in [1.165, 1.54) is 43.7 Å². The Hall–Kier alpha value is -1.35. The first kappa shape index (κ1) is 12.7. The van der Waals surface area contributed by atoms with Crippen LogP contribution in [0.4, 0.5) is 0 Å². The summed E-state index contributed by atoms with van der Waals surface area (Å²) in [5.41, 5.74) is 2.43. The molecular weight excluding hydrogens is 234 g/mol. The molecule has 1 N–H and O–H groups in total. The van der Waals surface area contributed by atoms with Gasteiger partial charge >= 0.3 is 0 Å². The van der Waals surface area contributed by atoms with Gasteiger partial charge in [0.2, 0.25) is 0 Å². The van der Waals surface area contributed by atoms with E-state index in [4.69, 9.17) is 4.98 Å². The molecule has 1 atom stereocenters. The van der Waals surface area contributed by atoms with Crippen molar-refractivity contribution in [2.24, 2.45) is 5.92 Å². The van der Waals surface area contributed by atoms with Crippen molar-refractivity contribution in [1.82, 2.24) is 14.9 Å². The van der Waals surface area contributed by atoms with Gasteiger partial charge < -0.3 is 9.88 Å². The summed E-state index contributed by atoms with van der Waals surface area (Å²) in [5, 5.41) is 3.51. The second kappa shape index (κ2) is 5.74. The van der Waals surface area contributed by atoms with Crippen LogP contribution in [-0.2, 0) is 13.0 Å². The van der Waals surface area contributed by atoms with Crippen molar-refractivity contribution >= 4 is 11.0 Å². The van der Waals surface area contributed by atoms with E-state index in [0.717, 1.165) is 24.4 Å². The Kier molecular flexibility index (Phi) is 3.83. The Morgan fingerprint density at radius 3 is 3.05 bits per heavy atom. The van der Waals surface area contributed by atoms with Gasteiger partial charge in [-0.3, -0.25) is 0 Å². The van der Waals surface area contributed by atoms with E-state index >= 15 is 0 Å². The number of para-hydroxylation sites is 2. The number of imidazole rings is 1. The van der Waals surface area contributed by atoms with E-state index in [1.54, 1.807) is 0 Å². The van der Waals surface area contributed by atoms with Crippen molar-refractivity contribution in [3.63, 3.8) is 0 Å². The predicted octanol–water partition coefficient (Wildman–Crippen LogP) is 2.99. The van der Waals surface area contributed by atoms with Gasteiger partial charge in [0.15, 0.2) is 0 Å². The Morgan fingerprint density at radius 1 is 1.37 bits per heavy atom. The van der Waals surface area contributed by atoms with Gasteiger partial charge in [-0.2, -0.15) is 0 Å². The normalized spacial score (nSPS) is 19.9. The highest BCUT2D eigenvalue weighted by atomic mass is 15.1.